The van der Waals surface area contributed by atoms with Crippen LogP contribution < -0.4 is 0 Å². The number of carbonyl (C=O) groups is 1. The van der Waals surface area contributed by atoms with Crippen molar-refractivity contribution in [3.8, 4) is 0 Å². The second-order valence-electron chi connectivity index (χ2n) is 7.75. The Kier molecular flexibility index (Phi) is 4.53. The number of aromatic nitrogens is 1. The summed E-state index contributed by atoms with van der Waals surface area (Å²) in [4.78, 5) is 15.3. The number of fused-ring (bicyclic) bond motifs is 3. The first-order valence-electron chi connectivity index (χ1n) is 10.2. The maximum Gasteiger partial charge on any atom is 0.228 e. The summed E-state index contributed by atoms with van der Waals surface area (Å²) in [6.07, 6.45) is 0.951. The van der Waals surface area contributed by atoms with E-state index in [0.29, 0.717) is 0 Å². The monoisotopic (exact) mass is 380 g/mol. The Morgan fingerprint density at radius 3 is 2.28 bits per heavy atom. The molecule has 1 aliphatic heterocycles. The highest BCUT2D eigenvalue weighted by Crippen LogP contribution is 2.41. The quantitative estimate of drug-likeness (QED) is 0.472. The Hall–Kier alpha value is -3.17. The first-order chi connectivity index (χ1) is 14.2. The third kappa shape index (κ3) is 3.08. The van der Waals surface area contributed by atoms with E-state index in [1.165, 1.54) is 22.1 Å². The average molecular weight is 380 g/mol. The fraction of sp³-hybridized carbons (Fsp3) is 0.192. The minimum Gasteiger partial charge on any atom is -0.286 e. The van der Waals surface area contributed by atoms with E-state index in [2.05, 4.69) is 83.8 Å². The van der Waals surface area contributed by atoms with Crippen molar-refractivity contribution in [3.05, 3.63) is 107 Å². The van der Waals surface area contributed by atoms with Crippen molar-refractivity contribution in [3.63, 3.8) is 0 Å². The van der Waals surface area contributed by atoms with Crippen LogP contribution in [0.4, 0.5) is 0 Å². The van der Waals surface area contributed by atoms with Crippen molar-refractivity contribution >= 4 is 16.8 Å². The van der Waals surface area contributed by atoms with E-state index in [9.17, 15) is 4.79 Å². The fourth-order valence-corrected chi connectivity index (χ4v) is 4.77. The van der Waals surface area contributed by atoms with Crippen molar-refractivity contribution in [1.82, 2.24) is 9.47 Å². The van der Waals surface area contributed by atoms with Gasteiger partial charge in [-0.2, -0.15) is 0 Å². The fourth-order valence-electron chi connectivity index (χ4n) is 4.77. The van der Waals surface area contributed by atoms with E-state index in [-0.39, 0.29) is 11.9 Å². The summed E-state index contributed by atoms with van der Waals surface area (Å²) in [6, 6.07) is 29.6. The molecule has 0 spiro atoms. The normalized spacial score (nSPS) is 16.7. The van der Waals surface area contributed by atoms with Crippen LogP contribution in [-0.4, -0.2) is 21.9 Å². The smallest absolute Gasteiger partial charge is 0.228 e. The van der Waals surface area contributed by atoms with Crippen molar-refractivity contribution in [2.75, 3.05) is 6.54 Å². The molecule has 0 saturated heterocycles. The Bertz CT molecular complexity index is 1160. The molecule has 1 atom stereocenters. The molecular formula is C26H24N2O. The number of rotatable bonds is 3. The van der Waals surface area contributed by atoms with Gasteiger partial charge in [0.2, 0.25) is 5.91 Å². The SMILES string of the molecule is CC(=O)n1c2c(c3ccccc31)CCN(Cc1ccccc1)[C@@H]2c1ccccc1. The van der Waals surface area contributed by atoms with Gasteiger partial charge < -0.3 is 0 Å². The van der Waals surface area contributed by atoms with Crippen molar-refractivity contribution in [1.29, 1.82) is 0 Å². The number of carbonyl (C=O) groups excluding carboxylic acids is 1. The molecule has 3 aromatic carbocycles. The van der Waals surface area contributed by atoms with Crippen LogP contribution in [0, 0.1) is 0 Å². The molecule has 0 amide bonds. The molecule has 1 aliphatic rings. The molecule has 5 rings (SSSR count). The molecular weight excluding hydrogens is 356 g/mol. The van der Waals surface area contributed by atoms with E-state index in [4.69, 9.17) is 0 Å². The van der Waals surface area contributed by atoms with Gasteiger partial charge in [-0.25, -0.2) is 0 Å². The summed E-state index contributed by atoms with van der Waals surface area (Å²) >= 11 is 0. The van der Waals surface area contributed by atoms with Crippen LogP contribution >= 0.6 is 0 Å². The molecule has 3 heteroatoms. The Labute approximate surface area is 171 Å². The lowest BCUT2D eigenvalue weighted by molar-refractivity contribution is 0.0928. The van der Waals surface area contributed by atoms with Crippen LogP contribution in [0.25, 0.3) is 10.9 Å². The van der Waals surface area contributed by atoms with E-state index in [0.717, 1.165) is 30.7 Å². The summed E-state index contributed by atoms with van der Waals surface area (Å²) < 4.78 is 1.94. The molecule has 29 heavy (non-hydrogen) atoms. The van der Waals surface area contributed by atoms with Gasteiger partial charge in [0.25, 0.3) is 0 Å². The molecule has 0 aliphatic carbocycles. The standard InChI is InChI=1S/C26H24N2O/c1-19(29)28-24-15-9-8-14-22(24)23-16-17-27(18-20-10-4-2-5-11-20)25(26(23)28)21-12-6-3-7-13-21/h2-15,25H,16-18H2,1H3/t25-/m1/s1. The maximum absolute atomic E-state index is 12.8. The van der Waals surface area contributed by atoms with Crippen molar-refractivity contribution < 1.29 is 4.79 Å². The minimum atomic E-state index is 0.0523. The van der Waals surface area contributed by atoms with Crippen LogP contribution in [0.5, 0.6) is 0 Å². The van der Waals surface area contributed by atoms with Gasteiger partial charge in [-0.05, 0) is 29.2 Å². The first kappa shape index (κ1) is 17.9. The predicted molar refractivity (Wildman–Crippen MR) is 117 cm³/mol. The number of hydrogen-bond acceptors (Lipinski definition) is 2. The Balaban J connectivity index is 1.72. The molecule has 4 aromatic rings. The van der Waals surface area contributed by atoms with Crippen molar-refractivity contribution in [2.45, 2.75) is 25.9 Å². The number of nitrogens with zero attached hydrogens (tertiary/aromatic N) is 2. The molecule has 0 radical (unpaired) electrons. The van der Waals surface area contributed by atoms with Gasteiger partial charge in [-0.1, -0.05) is 78.9 Å². The van der Waals surface area contributed by atoms with Gasteiger partial charge in [0.15, 0.2) is 0 Å². The van der Waals surface area contributed by atoms with Crippen LogP contribution in [0.2, 0.25) is 0 Å². The average Bonchev–Trinajstić information content (AvgIpc) is 3.09. The molecule has 0 unspecified atom stereocenters. The maximum atomic E-state index is 12.8. The summed E-state index contributed by atoms with van der Waals surface area (Å²) in [6.45, 7) is 3.50. The summed E-state index contributed by atoms with van der Waals surface area (Å²) in [5, 5.41) is 1.21. The molecule has 0 bridgehead atoms. The molecule has 0 N–H and O–H groups in total. The third-order valence-corrected chi connectivity index (χ3v) is 5.95. The van der Waals surface area contributed by atoms with E-state index in [1.807, 2.05) is 10.6 Å². The largest absolute Gasteiger partial charge is 0.286 e. The highest BCUT2D eigenvalue weighted by atomic mass is 16.1. The molecule has 144 valence electrons. The summed E-state index contributed by atoms with van der Waals surface area (Å²) in [7, 11) is 0. The van der Waals surface area contributed by atoms with Crippen LogP contribution in [0.1, 0.15) is 40.1 Å². The zero-order valence-corrected chi connectivity index (χ0v) is 16.6. The van der Waals surface area contributed by atoms with Gasteiger partial charge >= 0.3 is 0 Å². The lowest BCUT2D eigenvalue weighted by Gasteiger charge is -2.37. The zero-order valence-electron chi connectivity index (χ0n) is 16.6. The molecule has 1 aromatic heterocycles. The summed E-state index contributed by atoms with van der Waals surface area (Å²) in [5.74, 6) is 0.0740. The number of para-hydroxylation sites is 1. The van der Waals surface area contributed by atoms with Gasteiger partial charge in [0.05, 0.1) is 17.3 Å². The van der Waals surface area contributed by atoms with Crippen LogP contribution in [-0.2, 0) is 13.0 Å². The molecule has 0 saturated carbocycles. The van der Waals surface area contributed by atoms with E-state index < -0.39 is 0 Å². The minimum absolute atomic E-state index is 0.0523. The summed E-state index contributed by atoms with van der Waals surface area (Å²) in [5.41, 5.74) is 5.99. The van der Waals surface area contributed by atoms with Crippen LogP contribution in [0.3, 0.4) is 0 Å². The van der Waals surface area contributed by atoms with Crippen molar-refractivity contribution in [2.24, 2.45) is 0 Å². The highest BCUT2D eigenvalue weighted by molar-refractivity contribution is 5.95. The van der Waals surface area contributed by atoms with E-state index in [1.54, 1.807) is 6.92 Å². The third-order valence-electron chi connectivity index (χ3n) is 5.95. The Morgan fingerprint density at radius 1 is 0.897 bits per heavy atom. The van der Waals surface area contributed by atoms with Gasteiger partial charge in [0, 0.05) is 25.4 Å². The van der Waals surface area contributed by atoms with E-state index >= 15 is 0 Å². The first-order valence-corrected chi connectivity index (χ1v) is 10.2. The zero-order chi connectivity index (χ0) is 19.8. The number of hydrogen-bond donors (Lipinski definition) is 0. The van der Waals surface area contributed by atoms with Gasteiger partial charge in [0.1, 0.15) is 0 Å². The lowest BCUT2D eigenvalue weighted by Crippen LogP contribution is -2.37. The highest BCUT2D eigenvalue weighted by Gasteiger charge is 2.34. The second-order valence-corrected chi connectivity index (χ2v) is 7.75. The van der Waals surface area contributed by atoms with Crippen LogP contribution in [0.15, 0.2) is 84.9 Å². The van der Waals surface area contributed by atoms with Gasteiger partial charge in [-0.15, -0.1) is 0 Å². The van der Waals surface area contributed by atoms with Gasteiger partial charge in [-0.3, -0.25) is 14.3 Å². The topological polar surface area (TPSA) is 25.2 Å². The predicted octanol–water partition coefficient (Wildman–Crippen LogP) is 5.45. The molecule has 3 nitrogen and oxygen atoms in total. The number of benzene rings is 3. The lowest BCUT2D eigenvalue weighted by atomic mass is 9.91. The molecule has 2 heterocycles. The molecule has 0 fully saturated rings. The second kappa shape index (κ2) is 7.34. The Morgan fingerprint density at radius 2 is 1.55 bits per heavy atom.